The van der Waals surface area contributed by atoms with Crippen LogP contribution >= 0.6 is 0 Å². The van der Waals surface area contributed by atoms with Gasteiger partial charge in [0.2, 0.25) is 0 Å². The van der Waals surface area contributed by atoms with Crippen molar-refractivity contribution in [2.24, 2.45) is 0 Å². The fraction of sp³-hybridized carbons (Fsp3) is 0.556. The topological polar surface area (TPSA) is 55.0 Å². The highest BCUT2D eigenvalue weighted by atomic mass is 15.2. The molecule has 0 saturated carbocycles. The molecule has 0 spiro atoms. The number of aromatic nitrogens is 2. The third kappa shape index (κ3) is 2.31. The second-order valence-electron chi connectivity index (χ2n) is 3.17. The van der Waals surface area contributed by atoms with Gasteiger partial charge in [0.05, 0.1) is 12.4 Å². The molecule has 1 atom stereocenters. The van der Waals surface area contributed by atoms with Crippen LogP contribution in [0.4, 0.5) is 11.6 Å². The number of anilines is 2. The van der Waals surface area contributed by atoms with E-state index >= 15 is 0 Å². The summed E-state index contributed by atoms with van der Waals surface area (Å²) in [6.45, 7) is 4.30. The van der Waals surface area contributed by atoms with Gasteiger partial charge in [0.15, 0.2) is 0 Å². The summed E-state index contributed by atoms with van der Waals surface area (Å²) in [6.07, 6.45) is 4.36. The summed E-state index contributed by atoms with van der Waals surface area (Å²) in [6, 6.07) is 0.470. The predicted octanol–water partition coefficient (Wildman–Crippen LogP) is 1.29. The molecule has 1 unspecified atom stereocenters. The molecule has 0 aliphatic carbocycles. The second kappa shape index (κ2) is 4.07. The van der Waals surface area contributed by atoms with E-state index < -0.39 is 0 Å². The van der Waals surface area contributed by atoms with E-state index in [2.05, 4.69) is 28.7 Å². The van der Waals surface area contributed by atoms with Crippen molar-refractivity contribution in [1.82, 2.24) is 9.97 Å². The molecule has 0 amide bonds. The molecule has 0 saturated heterocycles. The highest BCUT2D eigenvalue weighted by Crippen LogP contribution is 2.12. The van der Waals surface area contributed by atoms with Gasteiger partial charge in [0.1, 0.15) is 11.6 Å². The standard InChI is InChI=1S/C9H16N4/c1-4-7(2)13(3)9-6-11-8(10)5-12-9/h5-7H,4H2,1-3H3,(H2,10,11). The van der Waals surface area contributed by atoms with Crippen LogP contribution in [0.2, 0.25) is 0 Å². The fourth-order valence-electron chi connectivity index (χ4n) is 1.01. The molecule has 1 rings (SSSR count). The van der Waals surface area contributed by atoms with E-state index in [0.717, 1.165) is 12.2 Å². The molecule has 0 aliphatic heterocycles. The third-order valence-corrected chi connectivity index (χ3v) is 2.27. The molecule has 0 bridgehead atoms. The summed E-state index contributed by atoms with van der Waals surface area (Å²) in [4.78, 5) is 10.3. The number of nitrogens with two attached hydrogens (primary N) is 1. The number of nitrogens with zero attached hydrogens (tertiary/aromatic N) is 3. The average Bonchev–Trinajstić information content (AvgIpc) is 2.17. The van der Waals surface area contributed by atoms with Crippen molar-refractivity contribution >= 4 is 11.6 Å². The Balaban J connectivity index is 2.77. The minimum atomic E-state index is 0.460. The molecule has 1 aromatic heterocycles. The zero-order chi connectivity index (χ0) is 9.84. The number of hydrogen-bond acceptors (Lipinski definition) is 4. The monoisotopic (exact) mass is 180 g/mol. The van der Waals surface area contributed by atoms with Crippen molar-refractivity contribution in [3.8, 4) is 0 Å². The third-order valence-electron chi connectivity index (χ3n) is 2.27. The maximum absolute atomic E-state index is 5.44. The van der Waals surface area contributed by atoms with E-state index in [0.29, 0.717) is 11.9 Å². The van der Waals surface area contributed by atoms with Crippen molar-refractivity contribution in [3.63, 3.8) is 0 Å². The van der Waals surface area contributed by atoms with Crippen LogP contribution in [0.15, 0.2) is 12.4 Å². The van der Waals surface area contributed by atoms with Crippen molar-refractivity contribution in [2.75, 3.05) is 17.7 Å². The molecule has 2 N–H and O–H groups in total. The molecule has 0 radical (unpaired) electrons. The van der Waals surface area contributed by atoms with Crippen molar-refractivity contribution in [2.45, 2.75) is 26.3 Å². The molecule has 0 aliphatic rings. The molecular formula is C9H16N4. The first-order valence-electron chi connectivity index (χ1n) is 4.45. The van der Waals surface area contributed by atoms with Gasteiger partial charge in [-0.3, -0.25) is 0 Å². The van der Waals surface area contributed by atoms with Crippen LogP contribution in [0, 0.1) is 0 Å². The summed E-state index contributed by atoms with van der Waals surface area (Å²) >= 11 is 0. The van der Waals surface area contributed by atoms with Gasteiger partial charge in [-0.1, -0.05) is 6.92 Å². The quantitative estimate of drug-likeness (QED) is 0.761. The van der Waals surface area contributed by atoms with E-state index in [1.165, 1.54) is 0 Å². The Labute approximate surface area is 78.8 Å². The van der Waals surface area contributed by atoms with Crippen LogP contribution in [-0.4, -0.2) is 23.1 Å². The Kier molecular flexibility index (Phi) is 3.06. The Bertz CT molecular complexity index is 257. The van der Waals surface area contributed by atoms with Crippen LogP contribution in [0.5, 0.6) is 0 Å². The minimum absolute atomic E-state index is 0.460. The van der Waals surface area contributed by atoms with Gasteiger partial charge in [0.25, 0.3) is 0 Å². The summed E-state index contributed by atoms with van der Waals surface area (Å²) in [7, 11) is 2.01. The van der Waals surface area contributed by atoms with E-state index in [-0.39, 0.29) is 0 Å². The highest BCUT2D eigenvalue weighted by Gasteiger charge is 2.08. The number of nitrogen functional groups attached to an aromatic ring is 1. The van der Waals surface area contributed by atoms with Gasteiger partial charge in [-0.2, -0.15) is 0 Å². The van der Waals surface area contributed by atoms with Gasteiger partial charge in [-0.05, 0) is 13.3 Å². The van der Waals surface area contributed by atoms with Gasteiger partial charge >= 0.3 is 0 Å². The van der Waals surface area contributed by atoms with Crippen LogP contribution in [0.25, 0.3) is 0 Å². The Morgan fingerprint density at radius 1 is 1.46 bits per heavy atom. The zero-order valence-electron chi connectivity index (χ0n) is 8.36. The molecule has 1 aromatic rings. The molecule has 1 heterocycles. The lowest BCUT2D eigenvalue weighted by Crippen LogP contribution is -2.28. The van der Waals surface area contributed by atoms with Crippen LogP contribution in [0.1, 0.15) is 20.3 Å². The molecule has 0 fully saturated rings. The molecule has 4 nitrogen and oxygen atoms in total. The zero-order valence-corrected chi connectivity index (χ0v) is 8.36. The summed E-state index contributed by atoms with van der Waals surface area (Å²) in [5.74, 6) is 1.32. The van der Waals surface area contributed by atoms with Gasteiger partial charge < -0.3 is 10.6 Å². The van der Waals surface area contributed by atoms with Gasteiger partial charge in [-0.15, -0.1) is 0 Å². The molecule has 72 valence electrons. The minimum Gasteiger partial charge on any atom is -0.382 e. The number of rotatable bonds is 3. The number of hydrogen-bond donors (Lipinski definition) is 1. The van der Waals surface area contributed by atoms with E-state index in [9.17, 15) is 0 Å². The summed E-state index contributed by atoms with van der Waals surface area (Å²) in [5.41, 5.74) is 5.44. The second-order valence-corrected chi connectivity index (χ2v) is 3.17. The van der Waals surface area contributed by atoms with Crippen molar-refractivity contribution in [1.29, 1.82) is 0 Å². The SMILES string of the molecule is CCC(C)N(C)c1cnc(N)cn1. The van der Waals surface area contributed by atoms with Crippen molar-refractivity contribution in [3.05, 3.63) is 12.4 Å². The fourth-order valence-corrected chi connectivity index (χ4v) is 1.01. The smallest absolute Gasteiger partial charge is 0.147 e. The average molecular weight is 180 g/mol. The maximum Gasteiger partial charge on any atom is 0.147 e. The lowest BCUT2D eigenvalue weighted by Gasteiger charge is -2.24. The Hall–Kier alpha value is -1.32. The van der Waals surface area contributed by atoms with Crippen LogP contribution in [0.3, 0.4) is 0 Å². The predicted molar refractivity (Wildman–Crippen MR) is 54.6 cm³/mol. The van der Waals surface area contributed by atoms with Crippen LogP contribution in [-0.2, 0) is 0 Å². The lowest BCUT2D eigenvalue weighted by molar-refractivity contribution is 0.656. The Morgan fingerprint density at radius 3 is 2.62 bits per heavy atom. The van der Waals surface area contributed by atoms with E-state index in [4.69, 9.17) is 5.73 Å². The first-order chi connectivity index (χ1) is 6.15. The normalized spacial score (nSPS) is 12.5. The first-order valence-corrected chi connectivity index (χ1v) is 4.45. The largest absolute Gasteiger partial charge is 0.382 e. The van der Waals surface area contributed by atoms with Gasteiger partial charge in [-0.25, -0.2) is 9.97 Å². The maximum atomic E-state index is 5.44. The molecular weight excluding hydrogens is 164 g/mol. The summed E-state index contributed by atoms with van der Waals surface area (Å²) in [5, 5.41) is 0. The molecule has 4 heteroatoms. The van der Waals surface area contributed by atoms with Crippen molar-refractivity contribution < 1.29 is 0 Å². The Morgan fingerprint density at radius 2 is 2.15 bits per heavy atom. The van der Waals surface area contributed by atoms with E-state index in [1.54, 1.807) is 12.4 Å². The molecule has 13 heavy (non-hydrogen) atoms. The first kappa shape index (κ1) is 9.77. The van der Waals surface area contributed by atoms with E-state index in [1.807, 2.05) is 7.05 Å². The van der Waals surface area contributed by atoms with Gasteiger partial charge in [0, 0.05) is 13.1 Å². The lowest BCUT2D eigenvalue weighted by atomic mass is 10.2. The molecule has 0 aromatic carbocycles. The summed E-state index contributed by atoms with van der Waals surface area (Å²) < 4.78 is 0. The highest BCUT2D eigenvalue weighted by molar-refractivity contribution is 5.39. The van der Waals surface area contributed by atoms with Crippen LogP contribution < -0.4 is 10.6 Å².